The number of carbonyl (C=O) groups excluding carboxylic acids is 1. The molecule has 3 aromatic rings. The van der Waals surface area contributed by atoms with Crippen LogP contribution in [0.5, 0.6) is 0 Å². The number of nitrogens with one attached hydrogen (secondary N) is 1. The van der Waals surface area contributed by atoms with Crippen LogP contribution in [0.4, 0.5) is 13.2 Å². The second-order valence-electron chi connectivity index (χ2n) is 8.00. The molecule has 0 radical (unpaired) electrons. The van der Waals surface area contributed by atoms with Crippen molar-refractivity contribution in [3.63, 3.8) is 0 Å². The summed E-state index contributed by atoms with van der Waals surface area (Å²) in [6, 6.07) is 20.6. The molecule has 0 aromatic heterocycles. The lowest BCUT2D eigenvalue weighted by atomic mass is 9.82. The lowest BCUT2D eigenvalue weighted by Gasteiger charge is -2.38. The van der Waals surface area contributed by atoms with E-state index in [1.54, 1.807) is 48.5 Å². The molecule has 188 valence electrons. The van der Waals surface area contributed by atoms with Gasteiger partial charge in [0.25, 0.3) is 10.1 Å². The summed E-state index contributed by atoms with van der Waals surface area (Å²) in [5.41, 5.74) is 4.32. The molecule has 6 nitrogen and oxygen atoms in total. The Labute approximate surface area is 202 Å². The van der Waals surface area contributed by atoms with Crippen LogP contribution >= 0.6 is 0 Å². The Hall–Kier alpha value is -3.21. The van der Waals surface area contributed by atoms with Crippen molar-refractivity contribution in [2.24, 2.45) is 5.73 Å². The van der Waals surface area contributed by atoms with Crippen molar-refractivity contribution in [2.75, 3.05) is 0 Å². The van der Waals surface area contributed by atoms with E-state index in [1.807, 2.05) is 6.92 Å². The van der Waals surface area contributed by atoms with Crippen LogP contribution in [0, 0.1) is 6.92 Å². The van der Waals surface area contributed by atoms with Gasteiger partial charge in [-0.15, -0.1) is 0 Å². The van der Waals surface area contributed by atoms with Gasteiger partial charge in [-0.2, -0.15) is 21.6 Å². The molecule has 0 spiro atoms. The molecule has 2 atom stereocenters. The molecule has 0 aliphatic heterocycles. The molecule has 4 N–H and O–H groups in total. The molecule has 2 unspecified atom stereocenters. The van der Waals surface area contributed by atoms with Crippen LogP contribution < -0.4 is 11.1 Å². The van der Waals surface area contributed by atoms with Gasteiger partial charge in [-0.25, -0.2) is 0 Å². The van der Waals surface area contributed by atoms with Crippen molar-refractivity contribution in [3.8, 4) is 0 Å². The fourth-order valence-corrected chi connectivity index (χ4v) is 3.69. The fraction of sp³-hybridized carbons (Fsp3) is 0.240. The van der Waals surface area contributed by atoms with E-state index in [9.17, 15) is 26.4 Å². The number of hydrogen-bond donors (Lipinski definition) is 3. The Balaban J connectivity index is 0.000000328. The molecule has 0 fully saturated rings. The first-order chi connectivity index (χ1) is 16.3. The average molecular weight is 509 g/mol. The number of nitrogens with two attached hydrogens (primary N) is 1. The molecular formula is C25H27F3N2O4S. The predicted octanol–water partition coefficient (Wildman–Crippen LogP) is 4.39. The van der Waals surface area contributed by atoms with E-state index < -0.39 is 40.2 Å². The Morgan fingerprint density at radius 2 is 1.43 bits per heavy atom. The highest BCUT2D eigenvalue weighted by Crippen LogP contribution is 2.41. The zero-order chi connectivity index (χ0) is 26.3. The van der Waals surface area contributed by atoms with Gasteiger partial charge in [-0.05, 0) is 37.1 Å². The smallest absolute Gasteiger partial charge is 0.337 e. The number of rotatable bonds is 6. The average Bonchev–Trinajstić information content (AvgIpc) is 2.79. The summed E-state index contributed by atoms with van der Waals surface area (Å²) in [5.74, 6) is -0.855. The van der Waals surface area contributed by atoms with E-state index >= 15 is 0 Å². The summed E-state index contributed by atoms with van der Waals surface area (Å²) in [6.07, 6.45) is -5.12. The highest BCUT2D eigenvalue weighted by molar-refractivity contribution is 7.85. The predicted molar refractivity (Wildman–Crippen MR) is 127 cm³/mol. The van der Waals surface area contributed by atoms with Crippen molar-refractivity contribution >= 4 is 16.0 Å². The van der Waals surface area contributed by atoms with Gasteiger partial charge in [0.05, 0.1) is 10.9 Å². The van der Waals surface area contributed by atoms with Gasteiger partial charge in [0, 0.05) is 6.42 Å². The number of hydrogen-bond acceptors (Lipinski definition) is 4. The van der Waals surface area contributed by atoms with E-state index in [0.29, 0.717) is 5.56 Å². The summed E-state index contributed by atoms with van der Waals surface area (Å²) in [4.78, 5) is 12.0. The van der Waals surface area contributed by atoms with Crippen molar-refractivity contribution in [1.82, 2.24) is 5.32 Å². The largest absolute Gasteiger partial charge is 0.416 e. The van der Waals surface area contributed by atoms with E-state index in [0.717, 1.165) is 5.56 Å². The second-order valence-corrected chi connectivity index (χ2v) is 9.42. The molecule has 0 aliphatic carbocycles. The van der Waals surface area contributed by atoms with Crippen molar-refractivity contribution < 1.29 is 30.9 Å². The van der Waals surface area contributed by atoms with Crippen LogP contribution in [0.25, 0.3) is 0 Å². The van der Waals surface area contributed by atoms with Gasteiger partial charge < -0.3 is 11.1 Å². The zero-order valence-electron chi connectivity index (χ0n) is 19.2. The van der Waals surface area contributed by atoms with E-state index in [2.05, 4.69) is 5.32 Å². The van der Waals surface area contributed by atoms with E-state index in [1.165, 1.54) is 43.3 Å². The number of carbonyl (C=O) groups is 1. The zero-order valence-corrected chi connectivity index (χ0v) is 20.0. The maximum Gasteiger partial charge on any atom is 0.416 e. The first-order valence-electron chi connectivity index (χ1n) is 10.5. The minimum absolute atomic E-state index is 0.0321. The Bertz CT molecular complexity index is 1200. The van der Waals surface area contributed by atoms with Crippen LogP contribution in [-0.2, 0) is 26.9 Å². The van der Waals surface area contributed by atoms with Gasteiger partial charge in [0.1, 0.15) is 0 Å². The third kappa shape index (κ3) is 7.64. The molecule has 0 saturated carbocycles. The third-order valence-corrected chi connectivity index (χ3v) is 6.00. The molecule has 0 saturated heterocycles. The topological polar surface area (TPSA) is 109 Å². The minimum atomic E-state index is -4.70. The minimum Gasteiger partial charge on any atom is -0.337 e. The van der Waals surface area contributed by atoms with Crippen molar-refractivity contribution in [2.45, 2.75) is 42.9 Å². The van der Waals surface area contributed by atoms with Crippen molar-refractivity contribution in [3.05, 3.63) is 102 Å². The quantitative estimate of drug-likeness (QED) is 0.428. The van der Waals surface area contributed by atoms with Gasteiger partial charge in [-0.3, -0.25) is 9.35 Å². The van der Waals surface area contributed by atoms with E-state index in [4.69, 9.17) is 10.3 Å². The molecule has 0 bridgehead atoms. The number of amides is 1. The number of halogens is 3. The molecule has 3 aromatic carbocycles. The maximum atomic E-state index is 14.1. The summed E-state index contributed by atoms with van der Waals surface area (Å²) in [5, 5.41) is 2.15. The van der Waals surface area contributed by atoms with Crippen LogP contribution in [0.2, 0.25) is 0 Å². The van der Waals surface area contributed by atoms with Crippen LogP contribution in [-0.4, -0.2) is 31.1 Å². The molecule has 10 heteroatoms. The summed E-state index contributed by atoms with van der Waals surface area (Å²) < 4.78 is 71.9. The molecule has 1 amide bonds. The number of alkyl halides is 3. The summed E-state index contributed by atoms with van der Waals surface area (Å²) in [6.45, 7) is 3.19. The lowest BCUT2D eigenvalue weighted by Crippen LogP contribution is -2.60. The number of benzene rings is 3. The lowest BCUT2D eigenvalue weighted by molar-refractivity contribution is -0.203. The highest BCUT2D eigenvalue weighted by Gasteiger charge is 2.57. The Morgan fingerprint density at radius 1 is 0.943 bits per heavy atom. The molecule has 0 heterocycles. The van der Waals surface area contributed by atoms with Gasteiger partial charge in [0.2, 0.25) is 5.91 Å². The Kier molecular flexibility index (Phi) is 9.19. The van der Waals surface area contributed by atoms with Crippen molar-refractivity contribution in [1.29, 1.82) is 0 Å². The second kappa shape index (κ2) is 11.5. The fourth-order valence-electron chi connectivity index (χ4n) is 3.21. The molecular weight excluding hydrogens is 481 g/mol. The SMILES string of the molecule is CC(N)C(=O)NC(Cc1ccccc1)(c1ccccc1)C(F)(F)F.Cc1ccc(S(=O)(=O)O)cc1. The molecule has 0 aliphatic rings. The maximum absolute atomic E-state index is 14.1. The van der Waals surface area contributed by atoms with Gasteiger partial charge in [-0.1, -0.05) is 78.4 Å². The van der Waals surface area contributed by atoms with Gasteiger partial charge in [0.15, 0.2) is 5.54 Å². The van der Waals surface area contributed by atoms with Crippen LogP contribution in [0.3, 0.4) is 0 Å². The molecule has 3 rings (SSSR count). The first-order valence-corrected chi connectivity index (χ1v) is 12.0. The summed E-state index contributed by atoms with van der Waals surface area (Å²) in [7, 11) is -4.02. The Morgan fingerprint density at radius 3 is 1.86 bits per heavy atom. The van der Waals surface area contributed by atoms with E-state index in [-0.39, 0.29) is 10.5 Å². The third-order valence-electron chi connectivity index (χ3n) is 5.13. The highest BCUT2D eigenvalue weighted by atomic mass is 32.2. The number of aryl methyl sites for hydroxylation is 1. The normalized spacial score (nSPS) is 14.1. The van der Waals surface area contributed by atoms with Crippen LogP contribution in [0.15, 0.2) is 89.8 Å². The molecule has 35 heavy (non-hydrogen) atoms. The standard InChI is InChI=1S/C18H19F3N2O.C7H8O3S/c1-13(22)16(24)23-17(18(19,20)21,15-10-6-3-7-11-15)12-14-8-4-2-5-9-14;1-6-2-4-7(5-3-6)11(8,9)10/h2-11,13H,12,22H2,1H3,(H,23,24);2-5H,1H3,(H,8,9,10). The van der Waals surface area contributed by atoms with Crippen LogP contribution in [0.1, 0.15) is 23.6 Å². The first kappa shape index (κ1) is 28.0. The van der Waals surface area contributed by atoms with Gasteiger partial charge >= 0.3 is 6.18 Å². The monoisotopic (exact) mass is 508 g/mol. The summed E-state index contributed by atoms with van der Waals surface area (Å²) >= 11 is 0.